The van der Waals surface area contributed by atoms with Crippen LogP contribution in [0.5, 0.6) is 0 Å². The van der Waals surface area contributed by atoms with Crippen LogP contribution in [0.3, 0.4) is 0 Å². The highest BCUT2D eigenvalue weighted by atomic mass is 35.5. The van der Waals surface area contributed by atoms with Crippen LogP contribution in [0.25, 0.3) is 11.2 Å². The highest BCUT2D eigenvalue weighted by Gasteiger charge is 2.26. The van der Waals surface area contributed by atoms with E-state index in [4.69, 9.17) is 11.6 Å². The lowest BCUT2D eigenvalue weighted by Gasteiger charge is -2.29. The first-order valence-corrected chi connectivity index (χ1v) is 9.14. The molecule has 0 bridgehead atoms. The Morgan fingerprint density at radius 3 is 2.59 bits per heavy atom. The van der Waals surface area contributed by atoms with Gasteiger partial charge >= 0.3 is 5.69 Å². The smallest absolute Gasteiger partial charge is 0.312 e. The molecule has 27 heavy (non-hydrogen) atoms. The zero-order valence-corrected chi connectivity index (χ0v) is 16.0. The van der Waals surface area contributed by atoms with Gasteiger partial charge in [0.05, 0.1) is 6.54 Å². The lowest BCUT2D eigenvalue weighted by atomic mass is 10.2. The van der Waals surface area contributed by atoms with E-state index in [0.29, 0.717) is 28.7 Å². The van der Waals surface area contributed by atoms with Gasteiger partial charge in [0.15, 0.2) is 11.2 Å². The number of fused-ring (bicyclic) bond motifs is 3. The van der Waals surface area contributed by atoms with Crippen LogP contribution in [0.4, 0.5) is 11.6 Å². The van der Waals surface area contributed by atoms with Crippen molar-refractivity contribution in [2.75, 3.05) is 11.4 Å². The van der Waals surface area contributed by atoms with E-state index in [1.54, 1.807) is 14.0 Å². The van der Waals surface area contributed by atoms with Crippen molar-refractivity contribution >= 4 is 34.4 Å². The quantitative estimate of drug-likeness (QED) is 0.650. The summed E-state index contributed by atoms with van der Waals surface area (Å²) in [6.45, 7) is 7.27. The minimum atomic E-state index is -0.385. The molecule has 0 unspecified atom stereocenters. The number of aromatic nitrogens is 4. The van der Waals surface area contributed by atoms with Gasteiger partial charge < -0.3 is 9.47 Å². The summed E-state index contributed by atoms with van der Waals surface area (Å²) in [6.07, 6.45) is 0.865. The summed E-state index contributed by atoms with van der Waals surface area (Å²) in [7, 11) is 1.64. The molecule has 0 spiro atoms. The molecule has 140 valence electrons. The summed E-state index contributed by atoms with van der Waals surface area (Å²) in [5, 5.41) is 0.661. The number of imidazole rings is 1. The lowest BCUT2D eigenvalue weighted by molar-refractivity contribution is 0.597. The van der Waals surface area contributed by atoms with Crippen LogP contribution in [0.2, 0.25) is 5.02 Å². The van der Waals surface area contributed by atoms with Crippen LogP contribution < -0.4 is 16.1 Å². The zero-order valence-electron chi connectivity index (χ0n) is 15.3. The number of rotatable bonds is 3. The van der Waals surface area contributed by atoms with Crippen LogP contribution in [0.1, 0.15) is 13.3 Å². The molecule has 0 aliphatic carbocycles. The molecule has 7 nitrogen and oxygen atoms in total. The van der Waals surface area contributed by atoms with Crippen molar-refractivity contribution in [2.45, 2.75) is 26.4 Å². The van der Waals surface area contributed by atoms with E-state index < -0.39 is 0 Å². The Balaban J connectivity index is 1.98. The molecule has 2 aromatic heterocycles. The standard InChI is InChI=1S/C19H20ClN5O2/c1-12(2)11-25-17(26)15-16(22(3)19(25)27)21-18-23(9-4-10-24(15)18)14-7-5-13(20)6-8-14/h5-8H,1,4,9-11H2,2-3H3. The predicted octanol–water partition coefficient (Wildman–Crippen LogP) is 2.67. The Hall–Kier alpha value is -2.80. The highest BCUT2D eigenvalue weighted by molar-refractivity contribution is 6.30. The molecule has 0 fully saturated rings. The molecule has 4 rings (SSSR count). The van der Waals surface area contributed by atoms with Crippen LogP contribution in [0, 0.1) is 0 Å². The summed E-state index contributed by atoms with van der Waals surface area (Å²) < 4.78 is 4.57. The largest absolute Gasteiger partial charge is 0.332 e. The number of allylic oxidation sites excluding steroid dienone is 1. The van der Waals surface area contributed by atoms with Gasteiger partial charge in [-0.25, -0.2) is 4.79 Å². The maximum Gasteiger partial charge on any atom is 0.332 e. The maximum atomic E-state index is 13.1. The average molecular weight is 386 g/mol. The van der Waals surface area contributed by atoms with Crippen molar-refractivity contribution < 1.29 is 0 Å². The van der Waals surface area contributed by atoms with Crippen LogP contribution in [-0.4, -0.2) is 25.2 Å². The van der Waals surface area contributed by atoms with Gasteiger partial charge in [0.2, 0.25) is 5.95 Å². The topological polar surface area (TPSA) is 65.1 Å². The fourth-order valence-electron chi connectivity index (χ4n) is 3.54. The number of aryl methyl sites for hydroxylation is 2. The van der Waals surface area contributed by atoms with Gasteiger partial charge in [-0.3, -0.25) is 13.9 Å². The highest BCUT2D eigenvalue weighted by Crippen LogP contribution is 2.31. The molecule has 0 radical (unpaired) electrons. The van der Waals surface area contributed by atoms with Gasteiger partial charge in [-0.05, 0) is 37.6 Å². The van der Waals surface area contributed by atoms with E-state index in [2.05, 4.69) is 11.6 Å². The third-order valence-electron chi connectivity index (χ3n) is 4.78. The SMILES string of the molecule is C=C(C)Cn1c(=O)c2c(nc3n2CCCN3c2ccc(Cl)cc2)n(C)c1=O. The molecular weight excluding hydrogens is 366 g/mol. The number of halogens is 1. The van der Waals surface area contributed by atoms with Crippen LogP contribution >= 0.6 is 11.6 Å². The second kappa shape index (κ2) is 6.42. The fourth-order valence-corrected chi connectivity index (χ4v) is 3.67. The first-order chi connectivity index (χ1) is 12.9. The third-order valence-corrected chi connectivity index (χ3v) is 5.04. The number of anilines is 2. The Morgan fingerprint density at radius 2 is 1.93 bits per heavy atom. The summed E-state index contributed by atoms with van der Waals surface area (Å²) >= 11 is 6.00. The summed E-state index contributed by atoms with van der Waals surface area (Å²) in [5.41, 5.74) is 1.83. The molecule has 0 saturated carbocycles. The molecular formula is C19H20ClN5O2. The monoisotopic (exact) mass is 385 g/mol. The number of nitrogens with zero attached hydrogens (tertiary/aromatic N) is 5. The van der Waals surface area contributed by atoms with Crippen LogP contribution in [0.15, 0.2) is 46.0 Å². The molecule has 0 N–H and O–H groups in total. The molecule has 0 saturated heterocycles. The van der Waals surface area contributed by atoms with Gasteiger partial charge in [-0.2, -0.15) is 4.98 Å². The summed E-state index contributed by atoms with van der Waals surface area (Å²) in [6, 6.07) is 7.51. The second-order valence-corrected chi connectivity index (χ2v) is 7.34. The van der Waals surface area contributed by atoms with E-state index in [1.165, 1.54) is 9.13 Å². The van der Waals surface area contributed by atoms with Gasteiger partial charge in [-0.1, -0.05) is 23.8 Å². The summed E-state index contributed by atoms with van der Waals surface area (Å²) in [5.74, 6) is 0.666. The van der Waals surface area contributed by atoms with Crippen molar-refractivity contribution in [3.8, 4) is 0 Å². The van der Waals surface area contributed by atoms with Gasteiger partial charge in [0.1, 0.15) is 0 Å². The number of hydrogen-bond acceptors (Lipinski definition) is 4. The van der Waals surface area contributed by atoms with Crippen molar-refractivity contribution in [3.63, 3.8) is 0 Å². The Labute approximate surface area is 160 Å². The van der Waals surface area contributed by atoms with Crippen molar-refractivity contribution in [2.24, 2.45) is 7.05 Å². The zero-order chi connectivity index (χ0) is 19.3. The molecule has 3 heterocycles. The van der Waals surface area contributed by atoms with E-state index in [0.717, 1.165) is 24.2 Å². The third kappa shape index (κ3) is 2.78. The minimum Gasteiger partial charge on any atom is -0.312 e. The van der Waals surface area contributed by atoms with E-state index in [1.807, 2.05) is 33.7 Å². The molecule has 3 aromatic rings. The molecule has 1 aromatic carbocycles. The van der Waals surface area contributed by atoms with Crippen molar-refractivity contribution in [1.82, 2.24) is 18.7 Å². The van der Waals surface area contributed by atoms with Gasteiger partial charge in [0, 0.05) is 30.8 Å². The van der Waals surface area contributed by atoms with E-state index >= 15 is 0 Å². The number of hydrogen-bond donors (Lipinski definition) is 0. The van der Waals surface area contributed by atoms with Crippen molar-refractivity contribution in [3.05, 3.63) is 62.3 Å². The maximum absolute atomic E-state index is 13.1. The van der Waals surface area contributed by atoms with E-state index in [-0.39, 0.29) is 17.8 Å². The Kier molecular flexibility index (Phi) is 4.19. The minimum absolute atomic E-state index is 0.197. The van der Waals surface area contributed by atoms with Gasteiger partial charge in [-0.15, -0.1) is 0 Å². The lowest BCUT2D eigenvalue weighted by Crippen LogP contribution is -2.40. The number of benzene rings is 1. The average Bonchev–Trinajstić information content (AvgIpc) is 3.04. The van der Waals surface area contributed by atoms with E-state index in [9.17, 15) is 9.59 Å². The van der Waals surface area contributed by atoms with Crippen LogP contribution in [-0.2, 0) is 20.1 Å². The van der Waals surface area contributed by atoms with Crippen molar-refractivity contribution in [1.29, 1.82) is 0 Å². The Morgan fingerprint density at radius 1 is 1.22 bits per heavy atom. The molecule has 0 atom stereocenters. The first kappa shape index (κ1) is 17.6. The van der Waals surface area contributed by atoms with Gasteiger partial charge in [0.25, 0.3) is 5.56 Å². The summed E-state index contributed by atoms with van der Waals surface area (Å²) in [4.78, 5) is 32.4. The predicted molar refractivity (Wildman–Crippen MR) is 107 cm³/mol. The fraction of sp³-hybridized carbons (Fsp3) is 0.316. The molecule has 0 amide bonds. The molecule has 8 heteroatoms. The second-order valence-electron chi connectivity index (χ2n) is 6.91. The molecule has 1 aliphatic heterocycles. The first-order valence-electron chi connectivity index (χ1n) is 8.76. The Bertz CT molecular complexity index is 1170. The molecule has 1 aliphatic rings. The normalized spacial score (nSPS) is 13.8.